The fraction of sp³-hybridized carbons (Fsp3) is 0.560. The molecular formula is C25H35BrClN3O5. The van der Waals surface area contributed by atoms with Crippen molar-refractivity contribution in [3.63, 3.8) is 0 Å². The molecule has 1 heterocycles. The van der Waals surface area contributed by atoms with Crippen molar-refractivity contribution >= 4 is 45.4 Å². The molecule has 1 fully saturated rings. The highest BCUT2D eigenvalue weighted by atomic mass is 79.9. The number of carbonyl (C=O) groups is 3. The van der Waals surface area contributed by atoms with Crippen LogP contribution in [0.4, 0.5) is 4.79 Å². The Bertz CT molecular complexity index is 921. The highest BCUT2D eigenvalue weighted by molar-refractivity contribution is 9.10. The first-order chi connectivity index (χ1) is 16.4. The largest absolute Gasteiger partial charge is 0.444 e. The van der Waals surface area contributed by atoms with E-state index in [1.54, 1.807) is 50.9 Å². The molecule has 1 saturated heterocycles. The fourth-order valence-corrected chi connectivity index (χ4v) is 4.44. The Kier molecular flexibility index (Phi) is 11.0. The summed E-state index contributed by atoms with van der Waals surface area (Å²) in [5.74, 6) is -0.583. The molecule has 0 bridgehead atoms. The zero-order valence-electron chi connectivity index (χ0n) is 20.8. The summed E-state index contributed by atoms with van der Waals surface area (Å²) < 4.78 is 11.6. The molecule has 1 aliphatic rings. The number of ether oxygens (including phenoxy) is 2. The Morgan fingerprint density at radius 3 is 2.74 bits per heavy atom. The van der Waals surface area contributed by atoms with Gasteiger partial charge in [0.1, 0.15) is 18.2 Å². The van der Waals surface area contributed by atoms with Gasteiger partial charge in [0, 0.05) is 29.5 Å². The molecule has 1 unspecified atom stereocenters. The van der Waals surface area contributed by atoms with Gasteiger partial charge in [-0.25, -0.2) is 4.79 Å². The number of amides is 3. The van der Waals surface area contributed by atoms with Crippen molar-refractivity contribution in [1.82, 2.24) is 15.1 Å². The van der Waals surface area contributed by atoms with Crippen LogP contribution < -0.4 is 5.32 Å². The number of nitrogens with one attached hydrogen (secondary N) is 1. The predicted octanol–water partition coefficient (Wildman–Crippen LogP) is 4.19. The summed E-state index contributed by atoms with van der Waals surface area (Å²) >= 11 is 9.72. The van der Waals surface area contributed by atoms with Crippen molar-refractivity contribution in [2.45, 2.75) is 57.7 Å². The summed E-state index contributed by atoms with van der Waals surface area (Å²) in [6.07, 6.45) is 2.92. The maximum Gasteiger partial charge on any atom is 0.408 e. The van der Waals surface area contributed by atoms with Crippen molar-refractivity contribution < 1.29 is 23.9 Å². The second kappa shape index (κ2) is 13.3. The second-order valence-corrected chi connectivity index (χ2v) is 10.8. The van der Waals surface area contributed by atoms with Crippen LogP contribution >= 0.6 is 27.5 Å². The third-order valence-electron chi connectivity index (χ3n) is 5.56. The summed E-state index contributed by atoms with van der Waals surface area (Å²) in [5.41, 5.74) is 0.115. The van der Waals surface area contributed by atoms with Crippen molar-refractivity contribution in [3.05, 3.63) is 45.9 Å². The highest BCUT2D eigenvalue weighted by Crippen LogP contribution is 2.26. The molecule has 0 aromatic heterocycles. The molecule has 0 spiro atoms. The van der Waals surface area contributed by atoms with Crippen LogP contribution in [0.2, 0.25) is 5.02 Å². The summed E-state index contributed by atoms with van der Waals surface area (Å²) in [4.78, 5) is 42.0. The van der Waals surface area contributed by atoms with Gasteiger partial charge in [0.05, 0.1) is 19.3 Å². The first-order valence-electron chi connectivity index (χ1n) is 11.6. The zero-order chi connectivity index (χ0) is 26.2. The summed E-state index contributed by atoms with van der Waals surface area (Å²) in [6, 6.07) is 4.47. The Balaban J connectivity index is 2.21. The van der Waals surface area contributed by atoms with E-state index in [0.717, 1.165) is 22.9 Å². The standard InChI is InChI=1S/C25H35BrClN3O5/c1-6-12-34-16-19-8-7-11-30(19)23(32)21(14-17-13-18(27)9-10-20(17)26)29(5)22(31)15-28-24(33)35-25(2,3)4/h6,9-10,13,19,21H,1,7-8,11-12,14-16H2,2-5H3,(H,28,33)/t19?,21-/m0/s1. The van der Waals surface area contributed by atoms with E-state index in [9.17, 15) is 14.4 Å². The molecule has 1 aromatic rings. The van der Waals surface area contributed by atoms with Crippen LogP contribution in [0.3, 0.4) is 0 Å². The molecule has 3 amide bonds. The van der Waals surface area contributed by atoms with Gasteiger partial charge in [-0.2, -0.15) is 0 Å². The van der Waals surface area contributed by atoms with Crippen LogP contribution in [0.25, 0.3) is 0 Å². The van der Waals surface area contributed by atoms with Crippen molar-refractivity contribution in [2.24, 2.45) is 0 Å². The number of nitrogens with zero attached hydrogens (tertiary/aromatic N) is 2. The van der Waals surface area contributed by atoms with E-state index >= 15 is 0 Å². The first-order valence-corrected chi connectivity index (χ1v) is 12.8. The molecule has 1 aromatic carbocycles. The molecule has 8 nitrogen and oxygen atoms in total. The number of halogens is 2. The quantitative estimate of drug-likeness (QED) is 0.336. The van der Waals surface area contributed by atoms with Crippen LogP contribution in [0.5, 0.6) is 0 Å². The van der Waals surface area contributed by atoms with E-state index in [2.05, 4.69) is 27.8 Å². The smallest absolute Gasteiger partial charge is 0.408 e. The summed E-state index contributed by atoms with van der Waals surface area (Å²) in [7, 11) is 1.57. The van der Waals surface area contributed by atoms with Gasteiger partial charge < -0.3 is 24.6 Å². The van der Waals surface area contributed by atoms with Gasteiger partial charge in [-0.15, -0.1) is 6.58 Å². The minimum atomic E-state index is -0.794. The van der Waals surface area contributed by atoms with E-state index in [-0.39, 0.29) is 24.9 Å². The first kappa shape index (κ1) is 29.1. The lowest BCUT2D eigenvalue weighted by Gasteiger charge is -2.34. The third kappa shape index (κ3) is 9.13. The Morgan fingerprint density at radius 2 is 2.09 bits per heavy atom. The van der Waals surface area contributed by atoms with E-state index in [4.69, 9.17) is 21.1 Å². The van der Waals surface area contributed by atoms with Crippen LogP contribution in [0.15, 0.2) is 35.3 Å². The molecular weight excluding hydrogens is 538 g/mol. The van der Waals surface area contributed by atoms with Gasteiger partial charge in [-0.05, 0) is 57.4 Å². The minimum Gasteiger partial charge on any atom is -0.444 e. The predicted molar refractivity (Wildman–Crippen MR) is 139 cm³/mol. The molecule has 1 aliphatic heterocycles. The third-order valence-corrected chi connectivity index (χ3v) is 6.56. The lowest BCUT2D eigenvalue weighted by Crippen LogP contribution is -2.54. The average molecular weight is 573 g/mol. The maximum atomic E-state index is 13.8. The van der Waals surface area contributed by atoms with Crippen LogP contribution in [0, 0.1) is 0 Å². The van der Waals surface area contributed by atoms with Gasteiger partial charge in [0.25, 0.3) is 0 Å². The molecule has 35 heavy (non-hydrogen) atoms. The molecule has 10 heteroatoms. The van der Waals surface area contributed by atoms with Gasteiger partial charge in [-0.1, -0.05) is 33.6 Å². The van der Waals surface area contributed by atoms with E-state index in [0.29, 0.717) is 24.8 Å². The van der Waals surface area contributed by atoms with Crippen molar-refractivity contribution in [2.75, 3.05) is 33.4 Å². The monoisotopic (exact) mass is 571 g/mol. The van der Waals surface area contributed by atoms with Gasteiger partial charge in [0.2, 0.25) is 11.8 Å². The number of hydrogen-bond donors (Lipinski definition) is 1. The lowest BCUT2D eigenvalue weighted by atomic mass is 10.0. The fourth-order valence-electron chi connectivity index (χ4n) is 3.84. The van der Waals surface area contributed by atoms with E-state index in [1.807, 2.05) is 6.07 Å². The maximum absolute atomic E-state index is 13.8. The van der Waals surface area contributed by atoms with Gasteiger partial charge >= 0.3 is 6.09 Å². The van der Waals surface area contributed by atoms with Crippen LogP contribution in [-0.2, 0) is 25.5 Å². The molecule has 1 N–H and O–H groups in total. The molecule has 2 atom stereocenters. The SMILES string of the molecule is C=CCOCC1CCCN1C(=O)[C@H](Cc1cc(Cl)ccc1Br)N(C)C(=O)CNC(=O)OC(C)(C)C. The minimum absolute atomic E-state index is 0.0730. The Labute approximate surface area is 221 Å². The van der Waals surface area contributed by atoms with E-state index < -0.39 is 23.6 Å². The summed E-state index contributed by atoms with van der Waals surface area (Å²) in [5, 5.41) is 3.01. The van der Waals surface area contributed by atoms with Crippen LogP contribution in [-0.4, -0.2) is 78.7 Å². The zero-order valence-corrected chi connectivity index (χ0v) is 23.2. The molecule has 0 radical (unpaired) electrons. The number of rotatable bonds is 10. The molecule has 0 aliphatic carbocycles. The number of hydrogen-bond acceptors (Lipinski definition) is 5. The lowest BCUT2D eigenvalue weighted by molar-refractivity contribution is -0.145. The van der Waals surface area contributed by atoms with Gasteiger partial charge in [-0.3, -0.25) is 9.59 Å². The van der Waals surface area contributed by atoms with E-state index in [1.165, 1.54) is 4.90 Å². The number of likely N-dealkylation sites (N-methyl/N-ethyl adjacent to an activating group) is 1. The topological polar surface area (TPSA) is 88.2 Å². The second-order valence-electron chi connectivity index (χ2n) is 9.47. The number of benzene rings is 1. The number of alkyl carbamates (subject to hydrolysis) is 1. The number of likely N-dealkylation sites (tertiary alicyclic amines) is 1. The molecule has 194 valence electrons. The normalized spacial score (nSPS) is 16.5. The van der Waals surface area contributed by atoms with Gasteiger partial charge in [0.15, 0.2) is 0 Å². The number of carbonyl (C=O) groups excluding carboxylic acids is 3. The van der Waals surface area contributed by atoms with Crippen molar-refractivity contribution in [1.29, 1.82) is 0 Å². The van der Waals surface area contributed by atoms with Crippen LogP contribution in [0.1, 0.15) is 39.2 Å². The van der Waals surface area contributed by atoms with Crippen molar-refractivity contribution in [3.8, 4) is 0 Å². The Hall–Kier alpha value is -2.10. The molecule has 2 rings (SSSR count). The Morgan fingerprint density at radius 1 is 1.37 bits per heavy atom. The summed E-state index contributed by atoms with van der Waals surface area (Å²) in [6.45, 7) is 9.99. The highest BCUT2D eigenvalue weighted by Gasteiger charge is 2.37. The average Bonchev–Trinajstić information content (AvgIpc) is 3.24. The molecule has 0 saturated carbocycles.